The molecule has 0 bridgehead atoms. The predicted octanol–water partition coefficient (Wildman–Crippen LogP) is 5.04. The van der Waals surface area contributed by atoms with Crippen molar-refractivity contribution in [1.82, 2.24) is 19.7 Å². The molecule has 2 saturated heterocycles. The molecule has 4 heterocycles. The molecule has 7 rings (SSSR count). The summed E-state index contributed by atoms with van der Waals surface area (Å²) in [5.74, 6) is -0.625. The topological polar surface area (TPSA) is 99.4 Å². The largest absolute Gasteiger partial charge is 0.497 e. The molecule has 3 aliphatic rings. The summed E-state index contributed by atoms with van der Waals surface area (Å²) in [7, 11) is -0.924. The zero-order valence-corrected chi connectivity index (χ0v) is 27.7. The van der Waals surface area contributed by atoms with Crippen LogP contribution in [0.2, 0.25) is 5.02 Å². The van der Waals surface area contributed by atoms with Gasteiger partial charge in [0, 0.05) is 55.4 Å². The minimum atomic E-state index is -4.49. The van der Waals surface area contributed by atoms with E-state index in [1.165, 1.54) is 62.0 Å². The SMILES string of the molecule is COc1ccc(S(=O)(=O)N2C(=O)C(c3cc(CN4CCN(C)CC4)ccc3F)(N3CCCC3c3ncco3)c3cc(Cl)ccc32)cc1. The fourth-order valence-electron chi connectivity index (χ4n) is 7.17. The van der Waals surface area contributed by atoms with Crippen LogP contribution < -0.4 is 9.04 Å². The summed E-state index contributed by atoms with van der Waals surface area (Å²) in [4.78, 5) is 26.0. The Morgan fingerprint density at radius 1 is 1.02 bits per heavy atom. The van der Waals surface area contributed by atoms with Gasteiger partial charge in [-0.3, -0.25) is 14.6 Å². The van der Waals surface area contributed by atoms with Crippen molar-refractivity contribution in [1.29, 1.82) is 0 Å². The van der Waals surface area contributed by atoms with Crippen molar-refractivity contribution in [3.63, 3.8) is 0 Å². The van der Waals surface area contributed by atoms with E-state index < -0.39 is 33.3 Å². The van der Waals surface area contributed by atoms with Crippen LogP contribution >= 0.6 is 11.6 Å². The molecule has 47 heavy (non-hydrogen) atoms. The van der Waals surface area contributed by atoms with Crippen LogP contribution in [0.1, 0.15) is 41.5 Å². The molecule has 1 aromatic heterocycles. The van der Waals surface area contributed by atoms with Gasteiger partial charge in [0.25, 0.3) is 15.9 Å². The van der Waals surface area contributed by atoms with Gasteiger partial charge in [-0.1, -0.05) is 17.7 Å². The van der Waals surface area contributed by atoms with E-state index in [4.69, 9.17) is 20.8 Å². The fourth-order valence-corrected chi connectivity index (χ4v) is 8.80. The lowest BCUT2D eigenvalue weighted by Crippen LogP contribution is -2.55. The third-order valence-corrected chi connectivity index (χ3v) is 11.4. The third-order valence-electron chi connectivity index (χ3n) is 9.50. The standard InChI is InChI=1S/C34H35ClFN5O5S/c1-38-15-17-39(18-16-38)22-23-5-11-29(36)27(20-23)34(40-14-3-4-31(40)32-37-13-19-46-32)28-21-24(35)6-12-30(28)41(33(34)42)47(43,44)26-9-7-25(45-2)8-10-26/h5-13,19-21,31H,3-4,14-18,22H2,1-2H3. The van der Waals surface area contributed by atoms with E-state index in [1.54, 1.807) is 18.2 Å². The number of likely N-dealkylation sites (tertiary alicyclic amines) is 1. The fraction of sp³-hybridized carbons (Fsp3) is 0.353. The van der Waals surface area contributed by atoms with E-state index in [0.29, 0.717) is 37.6 Å². The van der Waals surface area contributed by atoms with E-state index in [0.717, 1.165) is 36.0 Å². The van der Waals surface area contributed by atoms with E-state index in [1.807, 2.05) is 4.90 Å². The van der Waals surface area contributed by atoms with Gasteiger partial charge in [-0.15, -0.1) is 0 Å². The second-order valence-electron chi connectivity index (χ2n) is 12.2. The molecule has 4 aromatic rings. The maximum atomic E-state index is 16.6. The number of piperazine rings is 1. The number of methoxy groups -OCH3 is 1. The van der Waals surface area contributed by atoms with E-state index in [9.17, 15) is 8.42 Å². The van der Waals surface area contributed by atoms with Gasteiger partial charge in [0.05, 0.1) is 29.9 Å². The summed E-state index contributed by atoms with van der Waals surface area (Å²) < 4.78 is 57.3. The summed E-state index contributed by atoms with van der Waals surface area (Å²) in [6, 6.07) is 14.7. The summed E-state index contributed by atoms with van der Waals surface area (Å²) >= 11 is 6.61. The smallest absolute Gasteiger partial charge is 0.271 e. The number of hydrogen-bond donors (Lipinski definition) is 0. The Bertz CT molecular complexity index is 1900. The molecule has 0 spiro atoms. The Hall–Kier alpha value is -3.81. The summed E-state index contributed by atoms with van der Waals surface area (Å²) in [5.41, 5.74) is -0.649. The van der Waals surface area contributed by atoms with E-state index in [-0.39, 0.29) is 26.7 Å². The number of hydrogen-bond acceptors (Lipinski definition) is 9. The van der Waals surface area contributed by atoms with Gasteiger partial charge in [0.15, 0.2) is 5.54 Å². The van der Waals surface area contributed by atoms with Gasteiger partial charge in [-0.05, 0) is 80.1 Å². The Morgan fingerprint density at radius 2 is 1.79 bits per heavy atom. The summed E-state index contributed by atoms with van der Waals surface area (Å²) in [6.07, 6.45) is 4.19. The first-order valence-electron chi connectivity index (χ1n) is 15.5. The Labute approximate surface area is 278 Å². The minimum absolute atomic E-state index is 0.0588. The monoisotopic (exact) mass is 679 g/mol. The van der Waals surface area contributed by atoms with Gasteiger partial charge in [0.2, 0.25) is 5.89 Å². The summed E-state index contributed by atoms with van der Waals surface area (Å²) in [5, 5.41) is 0.283. The number of benzene rings is 3. The molecule has 1 amide bonds. The van der Waals surface area contributed by atoms with Crippen LogP contribution in [0.5, 0.6) is 5.75 Å². The van der Waals surface area contributed by atoms with E-state index >= 15 is 9.18 Å². The average Bonchev–Trinajstić information content (AvgIpc) is 3.82. The van der Waals surface area contributed by atoms with Crippen LogP contribution in [0.3, 0.4) is 0 Å². The van der Waals surface area contributed by atoms with Crippen molar-refractivity contribution in [2.75, 3.05) is 51.2 Å². The molecule has 2 unspecified atom stereocenters. The molecule has 246 valence electrons. The van der Waals surface area contributed by atoms with Gasteiger partial charge in [-0.25, -0.2) is 22.1 Å². The average molecular weight is 680 g/mol. The number of halogens is 2. The highest BCUT2D eigenvalue weighted by molar-refractivity contribution is 7.93. The molecular formula is C34H35ClFN5O5S. The van der Waals surface area contributed by atoms with Crippen LogP contribution in [-0.4, -0.2) is 80.9 Å². The van der Waals surface area contributed by atoms with Crippen LogP contribution in [-0.2, 0) is 26.9 Å². The number of likely N-dealkylation sites (N-methyl/N-ethyl adjacent to an activating group) is 1. The maximum absolute atomic E-state index is 16.6. The van der Waals surface area contributed by atoms with Crippen molar-refractivity contribution in [2.24, 2.45) is 0 Å². The number of carbonyl (C=O) groups excluding carboxylic acids is 1. The number of anilines is 1. The highest BCUT2D eigenvalue weighted by atomic mass is 35.5. The zero-order chi connectivity index (χ0) is 32.9. The predicted molar refractivity (Wildman–Crippen MR) is 174 cm³/mol. The quantitative estimate of drug-likeness (QED) is 0.254. The molecule has 0 aliphatic carbocycles. The van der Waals surface area contributed by atoms with Crippen molar-refractivity contribution in [3.05, 3.63) is 107 Å². The molecular weight excluding hydrogens is 645 g/mol. The summed E-state index contributed by atoms with van der Waals surface area (Å²) in [6.45, 7) is 4.41. The second kappa shape index (κ2) is 12.3. The number of ether oxygens (including phenoxy) is 1. The molecule has 0 saturated carbocycles. The Kier molecular flexibility index (Phi) is 8.34. The van der Waals surface area contributed by atoms with E-state index in [2.05, 4.69) is 21.8 Å². The van der Waals surface area contributed by atoms with Gasteiger partial charge >= 0.3 is 0 Å². The Balaban J connectivity index is 1.45. The molecule has 3 aromatic carbocycles. The first-order valence-corrected chi connectivity index (χ1v) is 17.4. The molecule has 0 N–H and O–H groups in total. The van der Waals surface area contributed by atoms with Crippen LogP contribution in [0.25, 0.3) is 0 Å². The number of aromatic nitrogens is 1. The first kappa shape index (κ1) is 31.8. The number of rotatable bonds is 8. The maximum Gasteiger partial charge on any atom is 0.271 e. The molecule has 3 aliphatic heterocycles. The van der Waals surface area contributed by atoms with Crippen molar-refractivity contribution in [3.8, 4) is 5.75 Å². The van der Waals surface area contributed by atoms with Crippen LogP contribution in [0.15, 0.2) is 82.4 Å². The molecule has 0 radical (unpaired) electrons. The lowest BCUT2D eigenvalue weighted by Gasteiger charge is -2.41. The van der Waals surface area contributed by atoms with Crippen LogP contribution in [0, 0.1) is 5.82 Å². The Morgan fingerprint density at radius 3 is 2.49 bits per heavy atom. The number of nitrogens with zero attached hydrogens (tertiary/aromatic N) is 5. The van der Waals surface area contributed by atoms with Gasteiger partial charge in [0.1, 0.15) is 17.8 Å². The molecule has 2 atom stereocenters. The highest BCUT2D eigenvalue weighted by Crippen LogP contribution is 2.55. The van der Waals surface area contributed by atoms with Crippen molar-refractivity contribution in [2.45, 2.75) is 35.9 Å². The second-order valence-corrected chi connectivity index (χ2v) is 14.5. The number of sulfonamides is 1. The zero-order valence-electron chi connectivity index (χ0n) is 26.1. The lowest BCUT2D eigenvalue weighted by molar-refractivity contribution is -0.127. The van der Waals surface area contributed by atoms with Crippen molar-refractivity contribution < 1.29 is 26.8 Å². The molecule has 2 fully saturated rings. The molecule has 13 heteroatoms. The molecule has 10 nitrogen and oxygen atoms in total. The lowest BCUT2D eigenvalue weighted by atomic mass is 9.80. The van der Waals surface area contributed by atoms with Crippen molar-refractivity contribution >= 4 is 33.2 Å². The third kappa shape index (κ3) is 5.32. The highest BCUT2D eigenvalue weighted by Gasteiger charge is 2.62. The number of amides is 1. The van der Waals surface area contributed by atoms with Gasteiger partial charge in [-0.2, -0.15) is 0 Å². The number of carbonyl (C=O) groups is 1. The number of fused-ring (bicyclic) bond motifs is 1. The van der Waals surface area contributed by atoms with Crippen LogP contribution in [0.4, 0.5) is 10.1 Å². The van der Waals surface area contributed by atoms with Gasteiger partial charge < -0.3 is 14.1 Å². The normalized spacial score (nSPS) is 22.6. The minimum Gasteiger partial charge on any atom is -0.497 e. The number of oxazole rings is 1. The first-order chi connectivity index (χ1) is 22.6.